The summed E-state index contributed by atoms with van der Waals surface area (Å²) in [5.41, 5.74) is 1.11. The van der Waals surface area contributed by atoms with Gasteiger partial charge in [0.25, 0.3) is 0 Å². The van der Waals surface area contributed by atoms with E-state index >= 15 is 0 Å². The third-order valence-corrected chi connectivity index (χ3v) is 2.65. The number of esters is 2. The van der Waals surface area contributed by atoms with Crippen LogP contribution in [0.4, 0.5) is 0 Å². The highest BCUT2D eigenvalue weighted by atomic mass is 16.5. The largest absolute Gasteiger partial charge is 0.463 e. The summed E-state index contributed by atoms with van der Waals surface area (Å²) in [5.74, 6) is -1.06. The first-order valence-electron chi connectivity index (χ1n) is 7.46. The highest BCUT2D eigenvalue weighted by Crippen LogP contribution is 2.08. The standard InChI is InChI=1S/C18H22O4/c1-3-12-21-17(19)14-16(18(20)22-13-4-2)11-10-15-8-6-5-7-9-15/h5-11,14H,3-4,12-13H2,1-2H3. The molecule has 0 spiro atoms. The Kier molecular flexibility index (Phi) is 8.35. The normalized spacial score (nSPS) is 11.5. The van der Waals surface area contributed by atoms with E-state index in [2.05, 4.69) is 0 Å². The van der Waals surface area contributed by atoms with E-state index in [0.717, 1.165) is 18.4 Å². The molecule has 0 aromatic heterocycles. The predicted octanol–water partition coefficient (Wildman–Crippen LogP) is 3.53. The van der Waals surface area contributed by atoms with Gasteiger partial charge in [0.2, 0.25) is 0 Å². The molecule has 0 saturated heterocycles. The molecule has 0 fully saturated rings. The number of hydrogen-bond acceptors (Lipinski definition) is 4. The minimum absolute atomic E-state index is 0.179. The molecule has 1 aromatic rings. The average molecular weight is 302 g/mol. The van der Waals surface area contributed by atoms with Crippen molar-refractivity contribution in [1.29, 1.82) is 0 Å². The number of benzene rings is 1. The van der Waals surface area contributed by atoms with Crippen LogP contribution in [0.5, 0.6) is 0 Å². The van der Waals surface area contributed by atoms with Crippen LogP contribution in [0.1, 0.15) is 32.3 Å². The van der Waals surface area contributed by atoms with Gasteiger partial charge in [0, 0.05) is 6.08 Å². The molecule has 0 radical (unpaired) electrons. The van der Waals surface area contributed by atoms with E-state index in [1.165, 1.54) is 6.08 Å². The molecule has 4 nitrogen and oxygen atoms in total. The Labute approximate surface area is 131 Å². The summed E-state index contributed by atoms with van der Waals surface area (Å²) in [6.07, 6.45) is 5.95. The van der Waals surface area contributed by atoms with Crippen LogP contribution < -0.4 is 0 Å². The fourth-order valence-electron chi connectivity index (χ4n) is 1.57. The minimum atomic E-state index is -0.539. The van der Waals surface area contributed by atoms with Crippen LogP contribution in [0.3, 0.4) is 0 Å². The van der Waals surface area contributed by atoms with E-state index in [4.69, 9.17) is 9.47 Å². The fraction of sp³-hybridized carbons (Fsp3) is 0.333. The molecule has 0 saturated carbocycles. The molecule has 1 aromatic carbocycles. The van der Waals surface area contributed by atoms with Crippen molar-refractivity contribution >= 4 is 18.0 Å². The van der Waals surface area contributed by atoms with Crippen LogP contribution in [0.25, 0.3) is 6.08 Å². The topological polar surface area (TPSA) is 52.6 Å². The Morgan fingerprint density at radius 1 is 1.00 bits per heavy atom. The molecule has 0 heterocycles. The van der Waals surface area contributed by atoms with Crippen LogP contribution in [0.2, 0.25) is 0 Å². The molecule has 4 heteroatoms. The van der Waals surface area contributed by atoms with E-state index in [0.29, 0.717) is 13.2 Å². The molecule has 0 amide bonds. The Bertz CT molecular complexity index is 529. The third kappa shape index (κ3) is 6.88. The first-order valence-corrected chi connectivity index (χ1v) is 7.46. The first-order chi connectivity index (χ1) is 10.7. The van der Waals surface area contributed by atoms with Gasteiger partial charge in [-0.2, -0.15) is 0 Å². The van der Waals surface area contributed by atoms with Gasteiger partial charge in [-0.25, -0.2) is 9.59 Å². The Morgan fingerprint density at radius 3 is 2.27 bits per heavy atom. The molecule has 0 N–H and O–H groups in total. The van der Waals surface area contributed by atoms with Crippen molar-refractivity contribution in [3.63, 3.8) is 0 Å². The van der Waals surface area contributed by atoms with Crippen molar-refractivity contribution in [3.05, 3.63) is 53.6 Å². The van der Waals surface area contributed by atoms with Crippen LogP contribution in [-0.4, -0.2) is 25.2 Å². The quantitative estimate of drug-likeness (QED) is 0.419. The van der Waals surface area contributed by atoms with Crippen LogP contribution in [0.15, 0.2) is 48.1 Å². The van der Waals surface area contributed by atoms with Gasteiger partial charge in [-0.15, -0.1) is 0 Å². The lowest BCUT2D eigenvalue weighted by Crippen LogP contribution is -2.10. The number of ether oxygens (including phenoxy) is 2. The Balaban J connectivity index is 2.86. The van der Waals surface area contributed by atoms with E-state index in [1.807, 2.05) is 44.2 Å². The van der Waals surface area contributed by atoms with E-state index < -0.39 is 11.9 Å². The molecular weight excluding hydrogens is 280 g/mol. The first kappa shape index (κ1) is 17.7. The van der Waals surface area contributed by atoms with Gasteiger partial charge in [-0.1, -0.05) is 50.3 Å². The molecule has 22 heavy (non-hydrogen) atoms. The summed E-state index contributed by atoms with van der Waals surface area (Å²) in [5, 5.41) is 0. The van der Waals surface area contributed by atoms with Crippen molar-refractivity contribution in [2.45, 2.75) is 26.7 Å². The molecule has 0 unspecified atom stereocenters. The molecule has 0 aliphatic carbocycles. The molecular formula is C18H22O4. The Hall–Kier alpha value is -2.36. The maximum absolute atomic E-state index is 12.0. The third-order valence-electron chi connectivity index (χ3n) is 2.65. The van der Waals surface area contributed by atoms with Crippen molar-refractivity contribution in [1.82, 2.24) is 0 Å². The summed E-state index contributed by atoms with van der Waals surface area (Å²) in [6.45, 7) is 4.46. The van der Waals surface area contributed by atoms with Gasteiger partial charge in [0.05, 0.1) is 18.8 Å². The zero-order valence-corrected chi connectivity index (χ0v) is 13.1. The second-order valence-corrected chi connectivity index (χ2v) is 4.65. The Morgan fingerprint density at radius 2 is 1.64 bits per heavy atom. The summed E-state index contributed by atoms with van der Waals surface area (Å²) in [6, 6.07) is 9.51. The van der Waals surface area contributed by atoms with Gasteiger partial charge in [0.15, 0.2) is 0 Å². The zero-order chi connectivity index (χ0) is 16.2. The number of carbonyl (C=O) groups is 2. The molecule has 0 aliphatic heterocycles. The second-order valence-electron chi connectivity index (χ2n) is 4.65. The fourth-order valence-corrected chi connectivity index (χ4v) is 1.57. The van der Waals surface area contributed by atoms with Crippen LogP contribution >= 0.6 is 0 Å². The highest BCUT2D eigenvalue weighted by Gasteiger charge is 2.10. The number of carbonyl (C=O) groups excluding carboxylic acids is 2. The molecule has 0 aliphatic rings. The van der Waals surface area contributed by atoms with Crippen molar-refractivity contribution in [2.24, 2.45) is 0 Å². The zero-order valence-electron chi connectivity index (χ0n) is 13.1. The van der Waals surface area contributed by atoms with Crippen molar-refractivity contribution in [3.8, 4) is 0 Å². The van der Waals surface area contributed by atoms with Gasteiger partial charge < -0.3 is 9.47 Å². The summed E-state index contributed by atoms with van der Waals surface area (Å²) in [7, 11) is 0. The average Bonchev–Trinajstić information content (AvgIpc) is 2.55. The minimum Gasteiger partial charge on any atom is -0.463 e. The van der Waals surface area contributed by atoms with Crippen molar-refractivity contribution in [2.75, 3.05) is 13.2 Å². The monoisotopic (exact) mass is 302 g/mol. The lowest BCUT2D eigenvalue weighted by molar-refractivity contribution is -0.141. The van der Waals surface area contributed by atoms with Crippen LogP contribution in [-0.2, 0) is 19.1 Å². The van der Waals surface area contributed by atoms with Crippen molar-refractivity contribution < 1.29 is 19.1 Å². The lowest BCUT2D eigenvalue weighted by Gasteiger charge is -2.04. The van der Waals surface area contributed by atoms with E-state index in [1.54, 1.807) is 12.2 Å². The smallest absolute Gasteiger partial charge is 0.338 e. The maximum Gasteiger partial charge on any atom is 0.338 e. The van der Waals surface area contributed by atoms with Gasteiger partial charge in [0.1, 0.15) is 0 Å². The highest BCUT2D eigenvalue weighted by molar-refractivity contribution is 5.99. The van der Waals surface area contributed by atoms with Gasteiger partial charge in [-0.05, 0) is 24.5 Å². The molecule has 118 valence electrons. The maximum atomic E-state index is 12.0. The number of hydrogen-bond donors (Lipinski definition) is 0. The van der Waals surface area contributed by atoms with Gasteiger partial charge >= 0.3 is 11.9 Å². The predicted molar refractivity (Wildman–Crippen MR) is 86.1 cm³/mol. The molecule has 1 rings (SSSR count). The summed E-state index contributed by atoms with van der Waals surface area (Å²) in [4.78, 5) is 23.6. The van der Waals surface area contributed by atoms with Gasteiger partial charge in [-0.3, -0.25) is 0 Å². The summed E-state index contributed by atoms with van der Waals surface area (Å²) >= 11 is 0. The van der Waals surface area contributed by atoms with E-state index in [9.17, 15) is 9.59 Å². The lowest BCUT2D eigenvalue weighted by atomic mass is 10.1. The SMILES string of the molecule is CCCOC(=O)C=C(C=Cc1ccccc1)C(=O)OCCC. The van der Waals surface area contributed by atoms with Crippen LogP contribution in [0, 0.1) is 0 Å². The number of rotatable bonds is 8. The summed E-state index contributed by atoms with van der Waals surface area (Å²) < 4.78 is 10.1. The molecule has 0 atom stereocenters. The van der Waals surface area contributed by atoms with E-state index in [-0.39, 0.29) is 5.57 Å². The second kappa shape index (κ2) is 10.4. The molecule has 0 bridgehead atoms.